The third kappa shape index (κ3) is 3.61. The second-order valence-electron chi connectivity index (χ2n) is 5.66. The summed E-state index contributed by atoms with van der Waals surface area (Å²) in [4.78, 5) is 23.9. The summed E-state index contributed by atoms with van der Waals surface area (Å²) in [6.45, 7) is 2.95. The molecule has 0 saturated heterocycles. The molecule has 0 aliphatic carbocycles. The number of anilines is 2. The standard InChI is InChI=1S/C19H16FN3O3/c1-11-17(18(23-26-11)13-6-4-3-5-7-13)19(25)22-16-10-14(21-12(2)24)8-9-15(16)20/h3-10H,1-2H3,(H,21,24)(H,22,25). The van der Waals surface area contributed by atoms with E-state index in [1.165, 1.54) is 25.1 Å². The molecule has 0 spiro atoms. The van der Waals surface area contributed by atoms with Gasteiger partial charge < -0.3 is 15.2 Å². The van der Waals surface area contributed by atoms with E-state index in [9.17, 15) is 14.0 Å². The molecule has 0 saturated carbocycles. The van der Waals surface area contributed by atoms with Gasteiger partial charge in [-0.2, -0.15) is 0 Å². The number of rotatable bonds is 4. The number of benzene rings is 2. The summed E-state index contributed by atoms with van der Waals surface area (Å²) in [5.74, 6) is -1.15. The van der Waals surface area contributed by atoms with Gasteiger partial charge >= 0.3 is 0 Å². The average Bonchev–Trinajstić information content (AvgIpc) is 3.00. The predicted molar refractivity (Wildman–Crippen MR) is 95.3 cm³/mol. The van der Waals surface area contributed by atoms with Gasteiger partial charge in [0.2, 0.25) is 5.91 Å². The highest BCUT2D eigenvalue weighted by molar-refractivity contribution is 6.09. The molecule has 0 unspecified atom stereocenters. The van der Waals surface area contributed by atoms with E-state index in [1.807, 2.05) is 18.2 Å². The van der Waals surface area contributed by atoms with Crippen LogP contribution in [-0.4, -0.2) is 17.0 Å². The molecule has 2 amide bonds. The normalized spacial score (nSPS) is 10.4. The first-order chi connectivity index (χ1) is 12.5. The Kier molecular flexibility index (Phi) is 4.79. The number of aryl methyl sites for hydroxylation is 1. The van der Waals surface area contributed by atoms with Crippen molar-refractivity contribution < 1.29 is 18.5 Å². The molecule has 6 nitrogen and oxygen atoms in total. The quantitative estimate of drug-likeness (QED) is 0.742. The van der Waals surface area contributed by atoms with Crippen LogP contribution in [0.4, 0.5) is 15.8 Å². The fourth-order valence-corrected chi connectivity index (χ4v) is 2.52. The number of carbonyl (C=O) groups is 2. The highest BCUT2D eigenvalue weighted by Crippen LogP contribution is 2.27. The van der Waals surface area contributed by atoms with Crippen molar-refractivity contribution in [3.8, 4) is 11.3 Å². The van der Waals surface area contributed by atoms with Gasteiger partial charge in [-0.05, 0) is 25.1 Å². The number of nitrogens with one attached hydrogen (secondary N) is 2. The van der Waals surface area contributed by atoms with Gasteiger partial charge in [0.1, 0.15) is 22.8 Å². The molecule has 7 heteroatoms. The minimum absolute atomic E-state index is 0.0548. The number of carbonyl (C=O) groups excluding carboxylic acids is 2. The van der Waals surface area contributed by atoms with Gasteiger partial charge in [0, 0.05) is 18.2 Å². The van der Waals surface area contributed by atoms with Crippen molar-refractivity contribution in [2.24, 2.45) is 0 Å². The SMILES string of the molecule is CC(=O)Nc1ccc(F)c(NC(=O)c2c(-c3ccccc3)noc2C)c1. The molecule has 0 radical (unpaired) electrons. The third-order valence-electron chi connectivity index (χ3n) is 3.67. The van der Waals surface area contributed by atoms with Crippen LogP contribution in [0.25, 0.3) is 11.3 Å². The average molecular weight is 353 g/mol. The van der Waals surface area contributed by atoms with Gasteiger partial charge in [0.15, 0.2) is 0 Å². The molecule has 3 rings (SSSR count). The summed E-state index contributed by atoms with van der Waals surface area (Å²) >= 11 is 0. The summed E-state index contributed by atoms with van der Waals surface area (Å²) in [6.07, 6.45) is 0. The summed E-state index contributed by atoms with van der Waals surface area (Å²) in [5, 5.41) is 8.99. The maximum atomic E-state index is 14.1. The first-order valence-corrected chi connectivity index (χ1v) is 7.86. The van der Waals surface area contributed by atoms with Crippen molar-refractivity contribution >= 4 is 23.2 Å². The maximum absolute atomic E-state index is 14.1. The van der Waals surface area contributed by atoms with Crippen LogP contribution in [0.2, 0.25) is 0 Å². The monoisotopic (exact) mass is 353 g/mol. The predicted octanol–water partition coefficient (Wildman–Crippen LogP) is 4.00. The number of hydrogen-bond acceptors (Lipinski definition) is 4. The Morgan fingerprint density at radius 1 is 1.08 bits per heavy atom. The molecule has 2 N–H and O–H groups in total. The minimum atomic E-state index is -0.622. The van der Waals surface area contributed by atoms with E-state index in [2.05, 4.69) is 15.8 Å². The van der Waals surface area contributed by atoms with E-state index in [1.54, 1.807) is 19.1 Å². The largest absolute Gasteiger partial charge is 0.360 e. The second kappa shape index (κ2) is 7.18. The molecular formula is C19H16FN3O3. The molecule has 1 heterocycles. The molecule has 0 bridgehead atoms. The van der Waals surface area contributed by atoms with Gasteiger partial charge in [0.05, 0.1) is 5.69 Å². The van der Waals surface area contributed by atoms with Crippen LogP contribution in [0, 0.1) is 12.7 Å². The van der Waals surface area contributed by atoms with Crippen LogP contribution in [0.15, 0.2) is 53.1 Å². The first kappa shape index (κ1) is 17.3. The summed E-state index contributed by atoms with van der Waals surface area (Å²) in [6, 6.07) is 13.0. The van der Waals surface area contributed by atoms with Gasteiger partial charge in [-0.1, -0.05) is 35.5 Å². The minimum Gasteiger partial charge on any atom is -0.360 e. The number of aromatic nitrogens is 1. The lowest BCUT2D eigenvalue weighted by atomic mass is 10.1. The zero-order chi connectivity index (χ0) is 18.7. The zero-order valence-corrected chi connectivity index (χ0v) is 14.2. The zero-order valence-electron chi connectivity index (χ0n) is 14.2. The van der Waals surface area contributed by atoms with Crippen LogP contribution in [-0.2, 0) is 4.79 Å². The lowest BCUT2D eigenvalue weighted by Gasteiger charge is -2.09. The summed E-state index contributed by atoms with van der Waals surface area (Å²) < 4.78 is 19.2. The number of hydrogen-bond donors (Lipinski definition) is 2. The van der Waals surface area contributed by atoms with E-state index in [-0.39, 0.29) is 17.2 Å². The van der Waals surface area contributed by atoms with Gasteiger partial charge in [-0.15, -0.1) is 0 Å². The van der Waals surface area contributed by atoms with Gasteiger partial charge in [-0.25, -0.2) is 4.39 Å². The van der Waals surface area contributed by atoms with Crippen molar-refractivity contribution in [3.05, 3.63) is 65.7 Å². The molecule has 1 aromatic heterocycles. The third-order valence-corrected chi connectivity index (χ3v) is 3.67. The van der Waals surface area contributed by atoms with Crippen LogP contribution in [0.1, 0.15) is 23.0 Å². The Bertz CT molecular complexity index is 967. The van der Waals surface area contributed by atoms with Crippen molar-refractivity contribution in [2.45, 2.75) is 13.8 Å². The highest BCUT2D eigenvalue weighted by atomic mass is 19.1. The Morgan fingerprint density at radius 3 is 2.50 bits per heavy atom. The van der Waals surface area contributed by atoms with E-state index in [4.69, 9.17) is 4.52 Å². The van der Waals surface area contributed by atoms with Crippen molar-refractivity contribution in [2.75, 3.05) is 10.6 Å². The first-order valence-electron chi connectivity index (χ1n) is 7.86. The Balaban J connectivity index is 1.92. The molecule has 132 valence electrons. The summed E-state index contributed by atoms with van der Waals surface area (Å²) in [7, 11) is 0. The topological polar surface area (TPSA) is 84.2 Å². The van der Waals surface area contributed by atoms with E-state index >= 15 is 0 Å². The molecule has 0 fully saturated rings. The number of amides is 2. The molecule has 0 aliphatic heterocycles. The summed E-state index contributed by atoms with van der Waals surface area (Å²) in [5.41, 5.74) is 1.63. The molecular weight excluding hydrogens is 337 g/mol. The number of nitrogens with zero attached hydrogens (tertiary/aromatic N) is 1. The number of halogens is 1. The fraction of sp³-hybridized carbons (Fsp3) is 0.105. The molecule has 26 heavy (non-hydrogen) atoms. The van der Waals surface area contributed by atoms with Crippen LogP contribution in [0.3, 0.4) is 0 Å². The van der Waals surface area contributed by atoms with Crippen LogP contribution >= 0.6 is 0 Å². The Hall–Kier alpha value is -3.48. The lowest BCUT2D eigenvalue weighted by Crippen LogP contribution is -2.15. The van der Waals surface area contributed by atoms with Gasteiger partial charge in [0.25, 0.3) is 5.91 Å². The molecule has 0 aliphatic rings. The lowest BCUT2D eigenvalue weighted by molar-refractivity contribution is -0.114. The highest BCUT2D eigenvalue weighted by Gasteiger charge is 2.22. The van der Waals surface area contributed by atoms with E-state index in [0.29, 0.717) is 22.7 Å². The van der Waals surface area contributed by atoms with E-state index < -0.39 is 11.7 Å². The van der Waals surface area contributed by atoms with Crippen LogP contribution < -0.4 is 10.6 Å². The molecule has 0 atom stereocenters. The second-order valence-corrected chi connectivity index (χ2v) is 5.66. The Morgan fingerprint density at radius 2 is 1.81 bits per heavy atom. The van der Waals surface area contributed by atoms with Crippen molar-refractivity contribution in [3.63, 3.8) is 0 Å². The Labute approximate surface area is 149 Å². The smallest absolute Gasteiger partial charge is 0.261 e. The maximum Gasteiger partial charge on any atom is 0.261 e. The van der Waals surface area contributed by atoms with Crippen molar-refractivity contribution in [1.29, 1.82) is 0 Å². The molecule has 2 aromatic carbocycles. The van der Waals surface area contributed by atoms with Gasteiger partial charge in [-0.3, -0.25) is 9.59 Å². The van der Waals surface area contributed by atoms with Crippen LogP contribution in [0.5, 0.6) is 0 Å². The van der Waals surface area contributed by atoms with E-state index in [0.717, 1.165) is 0 Å². The fourth-order valence-electron chi connectivity index (χ4n) is 2.52. The van der Waals surface area contributed by atoms with Crippen molar-refractivity contribution in [1.82, 2.24) is 5.16 Å². The molecule has 3 aromatic rings.